The Morgan fingerprint density at radius 3 is 2.14 bits per heavy atom. The molecular formula is C15H19N3O4. The molecule has 0 spiro atoms. The number of hydrogen-bond donors (Lipinski definition) is 1. The van der Waals surface area contributed by atoms with Gasteiger partial charge in [0, 0.05) is 25.9 Å². The van der Waals surface area contributed by atoms with Crippen molar-refractivity contribution in [2.45, 2.75) is 0 Å². The van der Waals surface area contributed by atoms with E-state index in [2.05, 4.69) is 10.5 Å². The highest BCUT2D eigenvalue weighted by atomic mass is 16.5. The maximum Gasteiger partial charge on any atom is 0.275 e. The van der Waals surface area contributed by atoms with Crippen LogP contribution in [0.15, 0.2) is 29.0 Å². The summed E-state index contributed by atoms with van der Waals surface area (Å²) < 4.78 is 15.9. The molecule has 22 heavy (non-hydrogen) atoms. The second-order valence-corrected chi connectivity index (χ2v) is 4.82. The summed E-state index contributed by atoms with van der Waals surface area (Å²) in [5.41, 5.74) is 4.16. The van der Waals surface area contributed by atoms with Crippen LogP contribution >= 0.6 is 0 Å². The lowest BCUT2D eigenvalue weighted by Crippen LogP contribution is -2.17. The zero-order chi connectivity index (χ0) is 16.3. The van der Waals surface area contributed by atoms with Crippen molar-refractivity contribution in [3.8, 4) is 17.2 Å². The molecule has 2 rings (SSSR count). The van der Waals surface area contributed by atoms with Gasteiger partial charge in [-0.3, -0.25) is 4.79 Å². The Balaban J connectivity index is 2.55. The average Bonchev–Trinajstić information content (AvgIpc) is 2.86. The van der Waals surface area contributed by atoms with Crippen molar-refractivity contribution in [2.75, 3.05) is 35.4 Å². The van der Waals surface area contributed by atoms with Gasteiger partial charge in [-0.25, -0.2) is 5.43 Å². The molecule has 0 saturated carbocycles. The molecule has 0 bridgehead atoms. The Labute approximate surface area is 129 Å². The monoisotopic (exact) mass is 305 g/mol. The Morgan fingerprint density at radius 1 is 1.09 bits per heavy atom. The van der Waals surface area contributed by atoms with Gasteiger partial charge in [-0.15, -0.1) is 0 Å². The van der Waals surface area contributed by atoms with Gasteiger partial charge in [-0.2, -0.15) is 5.10 Å². The van der Waals surface area contributed by atoms with Crippen molar-refractivity contribution < 1.29 is 19.0 Å². The third-order valence-corrected chi connectivity index (χ3v) is 3.09. The van der Waals surface area contributed by atoms with E-state index in [1.807, 2.05) is 14.1 Å². The number of nitrogens with one attached hydrogen (secondary N) is 1. The third kappa shape index (κ3) is 2.83. The average molecular weight is 305 g/mol. The molecule has 0 atom stereocenters. The molecule has 1 amide bonds. The smallest absolute Gasteiger partial charge is 0.275 e. The molecule has 1 aliphatic rings. The fourth-order valence-electron chi connectivity index (χ4n) is 2.15. The highest BCUT2D eigenvalue weighted by Gasteiger charge is 2.26. The standard InChI is InChI=1S/C15H19N3O4/c1-18(2)8-10-13(16-17-15(10)19)9-6-11(20-3)14(22-5)12(7-9)21-4/h6-8H,1-5H3,(H,17,19)/b10-8+. The number of carbonyl (C=O) groups excluding carboxylic acids is 1. The molecule has 1 heterocycles. The zero-order valence-electron chi connectivity index (χ0n) is 13.3. The molecule has 0 fully saturated rings. The third-order valence-electron chi connectivity index (χ3n) is 3.09. The summed E-state index contributed by atoms with van der Waals surface area (Å²) in [6.07, 6.45) is 1.71. The first-order valence-electron chi connectivity index (χ1n) is 6.58. The van der Waals surface area contributed by atoms with Gasteiger partial charge in [0.25, 0.3) is 5.91 Å². The summed E-state index contributed by atoms with van der Waals surface area (Å²) in [5.74, 6) is 1.24. The van der Waals surface area contributed by atoms with Gasteiger partial charge in [-0.1, -0.05) is 0 Å². The zero-order valence-corrected chi connectivity index (χ0v) is 13.3. The first kappa shape index (κ1) is 15.7. The van der Waals surface area contributed by atoms with Crippen LogP contribution in [0.5, 0.6) is 17.2 Å². The van der Waals surface area contributed by atoms with Gasteiger partial charge in [0.05, 0.1) is 26.9 Å². The lowest BCUT2D eigenvalue weighted by molar-refractivity contribution is -0.116. The van der Waals surface area contributed by atoms with Crippen molar-refractivity contribution in [2.24, 2.45) is 5.10 Å². The fraction of sp³-hybridized carbons (Fsp3) is 0.333. The minimum absolute atomic E-state index is 0.252. The van der Waals surface area contributed by atoms with Gasteiger partial charge in [0.15, 0.2) is 11.5 Å². The molecule has 0 aliphatic carbocycles. The first-order chi connectivity index (χ1) is 10.5. The van der Waals surface area contributed by atoms with Crippen molar-refractivity contribution in [3.05, 3.63) is 29.5 Å². The number of hydrazone groups is 1. The predicted molar refractivity (Wildman–Crippen MR) is 82.5 cm³/mol. The molecule has 0 aromatic heterocycles. The van der Waals surface area contributed by atoms with Crippen LogP contribution in [0.3, 0.4) is 0 Å². The number of amides is 1. The van der Waals surface area contributed by atoms with E-state index in [4.69, 9.17) is 14.2 Å². The lowest BCUT2D eigenvalue weighted by Gasteiger charge is -2.14. The maximum absolute atomic E-state index is 11.9. The molecule has 1 aromatic carbocycles. The topological polar surface area (TPSA) is 72.4 Å². The molecule has 7 heteroatoms. The van der Waals surface area contributed by atoms with Crippen LogP contribution < -0.4 is 19.6 Å². The maximum atomic E-state index is 11.9. The van der Waals surface area contributed by atoms with Crippen molar-refractivity contribution in [1.82, 2.24) is 10.3 Å². The molecule has 1 aromatic rings. The fourth-order valence-corrected chi connectivity index (χ4v) is 2.15. The van der Waals surface area contributed by atoms with Crippen LogP contribution in [0.4, 0.5) is 0 Å². The molecule has 118 valence electrons. The van der Waals surface area contributed by atoms with Crippen LogP contribution in [0, 0.1) is 0 Å². The summed E-state index contributed by atoms with van der Waals surface area (Å²) in [4.78, 5) is 13.7. The van der Waals surface area contributed by atoms with E-state index in [1.165, 1.54) is 21.3 Å². The Bertz CT molecular complexity index is 625. The van der Waals surface area contributed by atoms with Crippen LogP contribution in [0.1, 0.15) is 5.56 Å². The van der Waals surface area contributed by atoms with Gasteiger partial charge in [0.2, 0.25) is 5.75 Å². The van der Waals surface area contributed by atoms with Crippen LogP contribution in [0.2, 0.25) is 0 Å². The summed E-state index contributed by atoms with van der Waals surface area (Å²) in [6.45, 7) is 0. The van der Waals surface area contributed by atoms with Crippen LogP contribution in [0.25, 0.3) is 0 Å². The Hall–Kier alpha value is -2.70. The van der Waals surface area contributed by atoms with Gasteiger partial charge in [-0.05, 0) is 12.1 Å². The Kier molecular flexibility index (Phi) is 4.55. The highest BCUT2D eigenvalue weighted by Crippen LogP contribution is 2.39. The minimum atomic E-state index is -0.252. The Morgan fingerprint density at radius 2 is 1.68 bits per heavy atom. The number of benzene rings is 1. The van der Waals surface area contributed by atoms with E-state index in [9.17, 15) is 4.79 Å². The molecule has 1 N–H and O–H groups in total. The summed E-state index contributed by atoms with van der Waals surface area (Å²) in [5, 5.41) is 4.10. The minimum Gasteiger partial charge on any atom is -0.493 e. The SMILES string of the molecule is COc1cc(C2=NNC(=O)/C2=C/N(C)C)cc(OC)c1OC. The molecule has 0 saturated heterocycles. The van der Waals surface area contributed by atoms with Gasteiger partial charge >= 0.3 is 0 Å². The van der Waals surface area contributed by atoms with Gasteiger partial charge in [0.1, 0.15) is 5.71 Å². The molecule has 0 radical (unpaired) electrons. The van der Waals surface area contributed by atoms with E-state index >= 15 is 0 Å². The number of ether oxygens (including phenoxy) is 3. The normalized spacial score (nSPS) is 15.4. The quantitative estimate of drug-likeness (QED) is 0.821. The summed E-state index contributed by atoms with van der Waals surface area (Å²) >= 11 is 0. The van der Waals surface area contributed by atoms with E-state index in [1.54, 1.807) is 23.2 Å². The summed E-state index contributed by atoms with van der Waals surface area (Å²) in [7, 11) is 8.29. The summed E-state index contributed by atoms with van der Waals surface area (Å²) in [6, 6.07) is 3.51. The van der Waals surface area contributed by atoms with Crippen molar-refractivity contribution >= 4 is 11.6 Å². The van der Waals surface area contributed by atoms with Crippen LogP contribution in [-0.4, -0.2) is 51.9 Å². The largest absolute Gasteiger partial charge is 0.493 e. The second kappa shape index (κ2) is 6.38. The highest BCUT2D eigenvalue weighted by molar-refractivity contribution is 6.31. The second-order valence-electron chi connectivity index (χ2n) is 4.82. The number of hydrogen-bond acceptors (Lipinski definition) is 6. The first-order valence-corrected chi connectivity index (χ1v) is 6.58. The van der Waals surface area contributed by atoms with E-state index in [-0.39, 0.29) is 5.91 Å². The molecular weight excluding hydrogens is 286 g/mol. The van der Waals surface area contributed by atoms with Crippen molar-refractivity contribution in [3.63, 3.8) is 0 Å². The van der Waals surface area contributed by atoms with E-state index in [0.717, 1.165) is 0 Å². The van der Waals surface area contributed by atoms with E-state index < -0.39 is 0 Å². The van der Waals surface area contributed by atoms with Gasteiger partial charge < -0.3 is 19.1 Å². The lowest BCUT2D eigenvalue weighted by atomic mass is 10.0. The van der Waals surface area contributed by atoms with Crippen LogP contribution in [-0.2, 0) is 4.79 Å². The predicted octanol–water partition coefficient (Wildman–Crippen LogP) is 0.992. The number of carbonyl (C=O) groups is 1. The number of nitrogens with zero attached hydrogens (tertiary/aromatic N) is 2. The molecule has 0 unspecified atom stereocenters. The molecule has 1 aliphatic heterocycles. The number of methoxy groups -OCH3 is 3. The van der Waals surface area contributed by atoms with E-state index in [0.29, 0.717) is 34.1 Å². The number of rotatable bonds is 5. The molecule has 7 nitrogen and oxygen atoms in total. The van der Waals surface area contributed by atoms with Crippen molar-refractivity contribution in [1.29, 1.82) is 0 Å².